The summed E-state index contributed by atoms with van der Waals surface area (Å²) in [6.07, 6.45) is 5.58. The number of halogens is 2. The minimum Gasteiger partial charge on any atom is -0.356 e. The molecule has 1 aliphatic carbocycles. The lowest BCUT2D eigenvalue weighted by molar-refractivity contribution is 0.197. The first-order chi connectivity index (χ1) is 11.7. The highest BCUT2D eigenvalue weighted by atomic mass is 35.5. The van der Waals surface area contributed by atoms with Gasteiger partial charge in [-0.25, -0.2) is 4.39 Å². The van der Waals surface area contributed by atoms with E-state index in [0.29, 0.717) is 29.6 Å². The largest absolute Gasteiger partial charge is 0.356 e. The fraction of sp³-hybridized carbons (Fsp3) is 0.611. The monoisotopic (exact) mass is 352 g/mol. The van der Waals surface area contributed by atoms with Gasteiger partial charge in [-0.15, -0.1) is 0 Å². The van der Waals surface area contributed by atoms with Crippen molar-refractivity contribution in [2.45, 2.75) is 44.2 Å². The maximum Gasteiger partial charge on any atom is 0.191 e. The van der Waals surface area contributed by atoms with Crippen molar-refractivity contribution in [1.82, 2.24) is 15.5 Å². The molecule has 0 amide bonds. The molecule has 1 saturated heterocycles. The standard InChI is InChI=1S/C18H26ClFN4/c1-21-18(22-10-7-15-16(19)3-2-4-17(15)20)23-13-8-11-24(12-9-13)14-5-6-14/h2-4,13-14H,5-12H2,1H3,(H2,21,22,23). The van der Waals surface area contributed by atoms with Crippen LogP contribution in [0, 0.1) is 5.82 Å². The van der Waals surface area contributed by atoms with Gasteiger partial charge in [0.05, 0.1) is 0 Å². The Morgan fingerprint density at radius 2 is 2.04 bits per heavy atom. The van der Waals surface area contributed by atoms with Gasteiger partial charge in [0.25, 0.3) is 0 Å². The van der Waals surface area contributed by atoms with Crippen molar-refractivity contribution in [3.05, 3.63) is 34.6 Å². The Labute approximate surface area is 148 Å². The van der Waals surface area contributed by atoms with Gasteiger partial charge >= 0.3 is 0 Å². The number of nitrogens with one attached hydrogen (secondary N) is 2. The number of likely N-dealkylation sites (tertiary alicyclic amines) is 1. The first-order valence-electron chi connectivity index (χ1n) is 8.81. The number of nitrogens with zero attached hydrogens (tertiary/aromatic N) is 2. The summed E-state index contributed by atoms with van der Waals surface area (Å²) in [4.78, 5) is 6.88. The number of aliphatic imine (C=N–C) groups is 1. The molecule has 2 fully saturated rings. The van der Waals surface area contributed by atoms with E-state index in [0.717, 1.165) is 24.8 Å². The van der Waals surface area contributed by atoms with Gasteiger partial charge in [0.15, 0.2) is 5.96 Å². The van der Waals surface area contributed by atoms with E-state index in [1.807, 2.05) is 0 Å². The number of piperidine rings is 1. The lowest BCUT2D eigenvalue weighted by atomic mass is 10.1. The minimum absolute atomic E-state index is 0.250. The molecule has 2 aliphatic rings. The van der Waals surface area contributed by atoms with Crippen molar-refractivity contribution in [3.63, 3.8) is 0 Å². The first kappa shape index (κ1) is 17.5. The maximum atomic E-state index is 13.8. The smallest absolute Gasteiger partial charge is 0.191 e. The predicted octanol–water partition coefficient (Wildman–Crippen LogP) is 2.81. The van der Waals surface area contributed by atoms with E-state index < -0.39 is 0 Å². The molecule has 0 atom stereocenters. The molecule has 1 heterocycles. The second kappa shape index (κ2) is 8.17. The van der Waals surface area contributed by atoms with Crippen LogP contribution in [0.25, 0.3) is 0 Å². The molecule has 2 N–H and O–H groups in total. The Kier molecular flexibility index (Phi) is 5.95. The average molecular weight is 353 g/mol. The highest BCUT2D eigenvalue weighted by Crippen LogP contribution is 2.29. The van der Waals surface area contributed by atoms with Crippen molar-refractivity contribution in [2.24, 2.45) is 4.99 Å². The summed E-state index contributed by atoms with van der Waals surface area (Å²) < 4.78 is 13.8. The van der Waals surface area contributed by atoms with E-state index >= 15 is 0 Å². The zero-order valence-corrected chi connectivity index (χ0v) is 14.9. The van der Waals surface area contributed by atoms with Gasteiger partial charge in [-0.05, 0) is 44.2 Å². The summed E-state index contributed by atoms with van der Waals surface area (Å²) in [5.41, 5.74) is 0.555. The topological polar surface area (TPSA) is 39.7 Å². The van der Waals surface area contributed by atoms with Crippen molar-refractivity contribution in [1.29, 1.82) is 0 Å². The van der Waals surface area contributed by atoms with Gasteiger partial charge in [0.2, 0.25) is 0 Å². The fourth-order valence-electron chi connectivity index (χ4n) is 3.31. The normalized spacial score (nSPS) is 20.2. The van der Waals surface area contributed by atoms with Crippen LogP contribution in [0.3, 0.4) is 0 Å². The zero-order chi connectivity index (χ0) is 16.9. The van der Waals surface area contributed by atoms with Crippen LogP contribution in [0.5, 0.6) is 0 Å². The van der Waals surface area contributed by atoms with Crippen molar-refractivity contribution < 1.29 is 4.39 Å². The van der Waals surface area contributed by atoms with Crippen LogP contribution in [0.2, 0.25) is 5.02 Å². The minimum atomic E-state index is -0.250. The molecule has 1 saturated carbocycles. The van der Waals surface area contributed by atoms with Gasteiger partial charge in [0.1, 0.15) is 5.82 Å². The van der Waals surface area contributed by atoms with Crippen LogP contribution < -0.4 is 10.6 Å². The predicted molar refractivity (Wildman–Crippen MR) is 97.2 cm³/mol. The van der Waals surface area contributed by atoms with E-state index in [4.69, 9.17) is 11.6 Å². The quantitative estimate of drug-likeness (QED) is 0.632. The van der Waals surface area contributed by atoms with Gasteiger partial charge in [-0.2, -0.15) is 0 Å². The molecule has 24 heavy (non-hydrogen) atoms. The molecule has 0 bridgehead atoms. The highest BCUT2D eigenvalue weighted by Gasteiger charge is 2.31. The third-order valence-corrected chi connectivity index (χ3v) is 5.24. The second-order valence-electron chi connectivity index (χ2n) is 6.63. The highest BCUT2D eigenvalue weighted by molar-refractivity contribution is 6.31. The maximum absolute atomic E-state index is 13.8. The van der Waals surface area contributed by atoms with Gasteiger partial charge in [-0.1, -0.05) is 17.7 Å². The summed E-state index contributed by atoms with van der Waals surface area (Å²) in [6, 6.07) is 6.11. The average Bonchev–Trinajstić information content (AvgIpc) is 3.42. The van der Waals surface area contributed by atoms with E-state index in [2.05, 4.69) is 20.5 Å². The first-order valence-corrected chi connectivity index (χ1v) is 9.19. The molecule has 0 unspecified atom stereocenters. The lowest BCUT2D eigenvalue weighted by Gasteiger charge is -2.33. The summed E-state index contributed by atoms with van der Waals surface area (Å²) in [5, 5.41) is 7.23. The Balaban J connectivity index is 1.42. The molecule has 1 aromatic rings. The molecular formula is C18H26ClFN4. The number of hydrogen-bond donors (Lipinski definition) is 2. The van der Waals surface area contributed by atoms with Crippen LogP contribution in [0.15, 0.2) is 23.2 Å². The SMILES string of the molecule is CN=C(NCCc1c(F)cccc1Cl)NC1CCN(C2CC2)CC1. The Morgan fingerprint density at radius 3 is 2.67 bits per heavy atom. The Morgan fingerprint density at radius 1 is 1.29 bits per heavy atom. The van der Waals surface area contributed by atoms with Crippen LogP contribution in [0.4, 0.5) is 4.39 Å². The number of rotatable bonds is 5. The summed E-state index contributed by atoms with van der Waals surface area (Å²) in [7, 11) is 1.77. The Hall–Kier alpha value is -1.33. The molecule has 3 rings (SSSR count). The van der Waals surface area contributed by atoms with E-state index in [-0.39, 0.29) is 5.82 Å². The third-order valence-electron chi connectivity index (χ3n) is 4.89. The molecular weight excluding hydrogens is 327 g/mol. The molecule has 0 radical (unpaired) electrons. The Bertz CT molecular complexity index is 560. The van der Waals surface area contributed by atoms with Gasteiger partial charge < -0.3 is 15.5 Å². The molecule has 0 spiro atoms. The zero-order valence-electron chi connectivity index (χ0n) is 14.2. The van der Waals surface area contributed by atoms with Crippen LogP contribution in [-0.2, 0) is 6.42 Å². The summed E-state index contributed by atoms with van der Waals surface area (Å²) in [5.74, 6) is 0.534. The summed E-state index contributed by atoms with van der Waals surface area (Å²) in [6.45, 7) is 2.94. The molecule has 132 valence electrons. The lowest BCUT2D eigenvalue weighted by Crippen LogP contribution is -2.49. The summed E-state index contributed by atoms with van der Waals surface area (Å²) >= 11 is 6.06. The number of benzene rings is 1. The number of guanidine groups is 1. The number of hydrogen-bond acceptors (Lipinski definition) is 2. The molecule has 6 heteroatoms. The molecule has 4 nitrogen and oxygen atoms in total. The van der Waals surface area contributed by atoms with Crippen LogP contribution in [0.1, 0.15) is 31.2 Å². The van der Waals surface area contributed by atoms with Crippen molar-refractivity contribution >= 4 is 17.6 Å². The van der Waals surface area contributed by atoms with Crippen LogP contribution >= 0.6 is 11.6 Å². The molecule has 0 aromatic heterocycles. The molecule has 1 aliphatic heterocycles. The van der Waals surface area contributed by atoms with E-state index in [9.17, 15) is 4.39 Å². The third kappa shape index (κ3) is 4.61. The van der Waals surface area contributed by atoms with Crippen molar-refractivity contribution in [3.8, 4) is 0 Å². The van der Waals surface area contributed by atoms with Gasteiger partial charge in [-0.3, -0.25) is 4.99 Å². The van der Waals surface area contributed by atoms with Crippen LogP contribution in [-0.4, -0.2) is 49.6 Å². The second-order valence-corrected chi connectivity index (χ2v) is 7.04. The van der Waals surface area contributed by atoms with Gasteiger partial charge in [0, 0.05) is 49.4 Å². The van der Waals surface area contributed by atoms with E-state index in [1.165, 1.54) is 32.0 Å². The van der Waals surface area contributed by atoms with E-state index in [1.54, 1.807) is 19.2 Å². The fourth-order valence-corrected chi connectivity index (χ4v) is 3.57. The van der Waals surface area contributed by atoms with Crippen molar-refractivity contribution in [2.75, 3.05) is 26.7 Å². The molecule has 1 aromatic carbocycles.